The van der Waals surface area contributed by atoms with Crippen molar-refractivity contribution >= 4 is 5.97 Å². The van der Waals surface area contributed by atoms with Crippen molar-refractivity contribution in [1.29, 1.82) is 5.26 Å². The lowest BCUT2D eigenvalue weighted by atomic mass is 10.1. The van der Waals surface area contributed by atoms with Gasteiger partial charge in [-0.25, -0.2) is 9.78 Å². The Morgan fingerprint density at radius 2 is 2.22 bits per heavy atom. The smallest absolute Gasteiger partial charge is 0.434 e. The van der Waals surface area contributed by atoms with E-state index in [-0.39, 0.29) is 6.61 Å². The number of aromatic hydroxyl groups is 1. The summed E-state index contributed by atoms with van der Waals surface area (Å²) in [5.74, 6) is -2.34. The zero-order valence-corrected chi connectivity index (χ0v) is 9.08. The third-order valence-corrected chi connectivity index (χ3v) is 1.89. The van der Waals surface area contributed by atoms with Gasteiger partial charge in [0, 0.05) is 0 Å². The van der Waals surface area contributed by atoms with Gasteiger partial charge in [0.05, 0.1) is 12.2 Å². The molecule has 0 aliphatic rings. The molecule has 0 aliphatic carbocycles. The Labute approximate surface area is 99.4 Å². The quantitative estimate of drug-likeness (QED) is 0.820. The van der Waals surface area contributed by atoms with Crippen LogP contribution in [0.4, 0.5) is 13.2 Å². The van der Waals surface area contributed by atoms with E-state index in [9.17, 15) is 18.0 Å². The second-order valence-electron chi connectivity index (χ2n) is 3.09. The Bertz CT molecular complexity index is 520. The molecule has 0 aromatic carbocycles. The van der Waals surface area contributed by atoms with Crippen LogP contribution in [0.5, 0.6) is 5.88 Å². The van der Waals surface area contributed by atoms with Crippen molar-refractivity contribution in [2.75, 3.05) is 6.61 Å². The molecule has 0 unspecified atom stereocenters. The Morgan fingerprint density at radius 1 is 1.61 bits per heavy atom. The van der Waals surface area contributed by atoms with Gasteiger partial charge in [0.15, 0.2) is 5.69 Å². The largest absolute Gasteiger partial charge is 0.492 e. The number of halogens is 3. The standard InChI is InChI=1S/C10H7F3N2O3/c1-2-18-9(17)6-3-5(4-14)8(16)15-7(6)10(11,12)13/h3H,2H2,1H3,(H,15,16). The Morgan fingerprint density at radius 3 is 2.67 bits per heavy atom. The van der Waals surface area contributed by atoms with E-state index in [2.05, 4.69) is 9.72 Å². The Hall–Kier alpha value is -2.30. The normalized spacial score (nSPS) is 10.8. The number of carbonyl (C=O) groups is 1. The molecule has 1 N–H and O–H groups in total. The van der Waals surface area contributed by atoms with Gasteiger partial charge in [0.25, 0.3) is 0 Å². The van der Waals surface area contributed by atoms with Crippen LogP contribution < -0.4 is 0 Å². The number of ether oxygens (including phenoxy) is 1. The van der Waals surface area contributed by atoms with Crippen LogP contribution in [0.1, 0.15) is 28.5 Å². The number of hydrogen-bond acceptors (Lipinski definition) is 5. The molecule has 1 aromatic rings. The first-order chi connectivity index (χ1) is 8.31. The summed E-state index contributed by atoms with van der Waals surface area (Å²) in [5.41, 5.74) is -3.03. The summed E-state index contributed by atoms with van der Waals surface area (Å²) >= 11 is 0. The molecular formula is C10H7F3N2O3. The molecule has 0 radical (unpaired) electrons. The van der Waals surface area contributed by atoms with Crippen molar-refractivity contribution in [3.63, 3.8) is 0 Å². The third-order valence-electron chi connectivity index (χ3n) is 1.89. The number of carbonyl (C=O) groups excluding carboxylic acids is 1. The van der Waals surface area contributed by atoms with Crippen molar-refractivity contribution in [3.8, 4) is 11.9 Å². The average molecular weight is 260 g/mol. The molecule has 5 nitrogen and oxygen atoms in total. The topological polar surface area (TPSA) is 83.2 Å². The van der Waals surface area contributed by atoms with E-state index in [1.54, 1.807) is 0 Å². The number of nitrogens with zero attached hydrogens (tertiary/aromatic N) is 2. The first-order valence-electron chi connectivity index (χ1n) is 4.69. The minimum absolute atomic E-state index is 0.126. The predicted molar refractivity (Wildman–Crippen MR) is 51.6 cm³/mol. The number of esters is 1. The number of rotatable bonds is 2. The predicted octanol–water partition coefficient (Wildman–Crippen LogP) is 1.85. The van der Waals surface area contributed by atoms with E-state index >= 15 is 0 Å². The molecule has 0 spiro atoms. The average Bonchev–Trinajstić information content (AvgIpc) is 2.27. The van der Waals surface area contributed by atoms with E-state index in [0.717, 1.165) is 0 Å². The van der Waals surface area contributed by atoms with Crippen LogP contribution in [0.3, 0.4) is 0 Å². The van der Waals surface area contributed by atoms with Crippen LogP contribution in [-0.4, -0.2) is 22.7 Å². The third kappa shape index (κ3) is 2.68. The van der Waals surface area contributed by atoms with Crippen LogP contribution in [0.25, 0.3) is 0 Å². The van der Waals surface area contributed by atoms with Crippen LogP contribution >= 0.6 is 0 Å². The van der Waals surface area contributed by atoms with Crippen LogP contribution in [0.2, 0.25) is 0 Å². The molecule has 1 aromatic heterocycles. The molecule has 0 saturated carbocycles. The summed E-state index contributed by atoms with van der Waals surface area (Å²) in [6.45, 7) is 1.29. The molecule has 0 aliphatic heterocycles. The molecule has 1 heterocycles. The van der Waals surface area contributed by atoms with Crippen molar-refractivity contribution in [2.45, 2.75) is 13.1 Å². The number of hydrogen-bond donors (Lipinski definition) is 1. The second kappa shape index (κ2) is 4.91. The first-order valence-corrected chi connectivity index (χ1v) is 4.69. The van der Waals surface area contributed by atoms with Gasteiger partial charge >= 0.3 is 12.1 Å². The molecule has 0 bridgehead atoms. The van der Waals surface area contributed by atoms with Gasteiger partial charge in [-0.15, -0.1) is 0 Å². The van der Waals surface area contributed by atoms with Crippen LogP contribution in [-0.2, 0) is 10.9 Å². The van der Waals surface area contributed by atoms with Gasteiger partial charge in [-0.05, 0) is 13.0 Å². The highest BCUT2D eigenvalue weighted by Crippen LogP contribution is 2.33. The summed E-state index contributed by atoms with van der Waals surface area (Å²) in [7, 11) is 0. The van der Waals surface area contributed by atoms with Gasteiger partial charge < -0.3 is 9.84 Å². The van der Waals surface area contributed by atoms with E-state index in [1.807, 2.05) is 0 Å². The molecule has 1 rings (SSSR count). The van der Waals surface area contributed by atoms with Gasteiger partial charge in [-0.1, -0.05) is 0 Å². The maximum absolute atomic E-state index is 12.6. The van der Waals surface area contributed by atoms with Crippen molar-refractivity contribution < 1.29 is 27.8 Å². The summed E-state index contributed by atoms with van der Waals surface area (Å²) in [4.78, 5) is 14.2. The maximum atomic E-state index is 12.6. The number of nitriles is 1. The summed E-state index contributed by atoms with van der Waals surface area (Å²) in [6, 6.07) is 2.02. The molecule has 0 saturated heterocycles. The number of pyridine rings is 1. The van der Waals surface area contributed by atoms with Gasteiger partial charge in [-0.2, -0.15) is 18.4 Å². The highest BCUT2D eigenvalue weighted by Gasteiger charge is 2.39. The Balaban J connectivity index is 3.46. The molecule has 0 amide bonds. The lowest BCUT2D eigenvalue weighted by Crippen LogP contribution is -2.17. The minimum atomic E-state index is -4.94. The Kier molecular flexibility index (Phi) is 3.76. The van der Waals surface area contributed by atoms with E-state index in [0.29, 0.717) is 6.07 Å². The second-order valence-corrected chi connectivity index (χ2v) is 3.09. The molecular weight excluding hydrogens is 253 g/mol. The molecule has 0 fully saturated rings. The van der Waals surface area contributed by atoms with E-state index in [4.69, 9.17) is 10.4 Å². The zero-order valence-electron chi connectivity index (χ0n) is 9.08. The zero-order chi connectivity index (χ0) is 13.9. The van der Waals surface area contributed by atoms with Gasteiger partial charge in [0.1, 0.15) is 11.6 Å². The minimum Gasteiger partial charge on any atom is -0.492 e. The summed E-state index contributed by atoms with van der Waals surface area (Å²) < 4.78 is 42.2. The SMILES string of the molecule is CCOC(=O)c1cc(C#N)c(O)nc1C(F)(F)F. The fourth-order valence-corrected chi connectivity index (χ4v) is 1.17. The lowest BCUT2D eigenvalue weighted by molar-refractivity contribution is -0.142. The first kappa shape index (κ1) is 13.8. The highest BCUT2D eigenvalue weighted by molar-refractivity contribution is 5.91. The van der Waals surface area contributed by atoms with Crippen LogP contribution in [0.15, 0.2) is 6.07 Å². The molecule has 18 heavy (non-hydrogen) atoms. The summed E-state index contributed by atoms with van der Waals surface area (Å²) in [5, 5.41) is 17.7. The van der Waals surface area contributed by atoms with Crippen molar-refractivity contribution in [1.82, 2.24) is 4.98 Å². The van der Waals surface area contributed by atoms with Crippen molar-refractivity contribution in [3.05, 3.63) is 22.9 Å². The fraction of sp³-hybridized carbons (Fsp3) is 0.300. The highest BCUT2D eigenvalue weighted by atomic mass is 19.4. The molecule has 96 valence electrons. The van der Waals surface area contributed by atoms with Gasteiger partial charge in [-0.3, -0.25) is 0 Å². The van der Waals surface area contributed by atoms with E-state index < -0.39 is 34.8 Å². The summed E-state index contributed by atoms with van der Waals surface area (Å²) in [6.07, 6.45) is -4.94. The monoisotopic (exact) mass is 260 g/mol. The van der Waals surface area contributed by atoms with Gasteiger partial charge in [0.2, 0.25) is 5.88 Å². The molecule has 8 heteroatoms. The molecule has 0 atom stereocenters. The van der Waals surface area contributed by atoms with E-state index in [1.165, 1.54) is 13.0 Å². The van der Waals surface area contributed by atoms with Crippen LogP contribution in [0, 0.1) is 11.3 Å². The lowest BCUT2D eigenvalue weighted by Gasteiger charge is -2.11. The fourth-order valence-electron chi connectivity index (χ4n) is 1.17. The van der Waals surface area contributed by atoms with Crippen molar-refractivity contribution in [2.24, 2.45) is 0 Å². The number of alkyl halides is 3. The maximum Gasteiger partial charge on any atom is 0.434 e. The number of aromatic nitrogens is 1.